The molecule has 0 aromatic heterocycles. The predicted molar refractivity (Wildman–Crippen MR) is 70.1 cm³/mol. The van der Waals surface area contributed by atoms with Crippen LogP contribution in [0.5, 0.6) is 0 Å². The normalized spacial score (nSPS) is 46.7. The van der Waals surface area contributed by atoms with Gasteiger partial charge in [0.2, 0.25) is 0 Å². The van der Waals surface area contributed by atoms with Crippen LogP contribution in [0.2, 0.25) is 0 Å². The van der Waals surface area contributed by atoms with E-state index >= 15 is 0 Å². The average molecular weight is 248 g/mol. The smallest absolute Gasteiger partial charge is 0.139 e. The maximum Gasteiger partial charge on any atom is 0.139 e. The third-order valence-corrected chi connectivity index (χ3v) is 6.50. The molecular formula is C16H24O2. The van der Waals surface area contributed by atoms with E-state index in [0.717, 1.165) is 38.5 Å². The first-order valence-corrected chi connectivity index (χ1v) is 7.44. The molecule has 0 N–H and O–H groups in total. The van der Waals surface area contributed by atoms with Gasteiger partial charge in [-0.1, -0.05) is 20.8 Å². The summed E-state index contributed by atoms with van der Waals surface area (Å²) >= 11 is 0. The second kappa shape index (κ2) is 3.68. The molecule has 3 aliphatic carbocycles. The van der Waals surface area contributed by atoms with Gasteiger partial charge in [-0.3, -0.25) is 9.59 Å². The number of hydrogen-bond acceptors (Lipinski definition) is 2. The predicted octanol–water partition coefficient (Wildman–Crippen LogP) is 3.39. The molecule has 0 bridgehead atoms. The first kappa shape index (κ1) is 12.4. The Bertz CT molecular complexity index is 405. The van der Waals surface area contributed by atoms with Crippen LogP contribution in [0.25, 0.3) is 0 Å². The van der Waals surface area contributed by atoms with Gasteiger partial charge in [0.05, 0.1) is 0 Å². The summed E-state index contributed by atoms with van der Waals surface area (Å²) in [4.78, 5) is 24.3. The van der Waals surface area contributed by atoms with Crippen LogP contribution in [-0.4, -0.2) is 11.6 Å². The highest BCUT2D eigenvalue weighted by Crippen LogP contribution is 2.60. The van der Waals surface area contributed by atoms with Gasteiger partial charge in [-0.05, 0) is 43.4 Å². The SMILES string of the molecule is CC1(C)C(=O)CC[C@@H]2[C@@H]1CC[C@]1(C)C(=O)CC[C@@H]21. The molecule has 2 heteroatoms. The zero-order valence-electron chi connectivity index (χ0n) is 11.8. The highest BCUT2D eigenvalue weighted by atomic mass is 16.1. The maximum atomic E-state index is 12.2. The van der Waals surface area contributed by atoms with Gasteiger partial charge >= 0.3 is 0 Å². The van der Waals surface area contributed by atoms with Crippen molar-refractivity contribution in [1.82, 2.24) is 0 Å². The minimum absolute atomic E-state index is 0.0579. The summed E-state index contributed by atoms with van der Waals surface area (Å²) in [5.74, 6) is 2.61. The summed E-state index contributed by atoms with van der Waals surface area (Å²) in [5, 5.41) is 0. The third kappa shape index (κ3) is 1.41. The largest absolute Gasteiger partial charge is 0.299 e. The Kier molecular flexibility index (Phi) is 2.53. The molecule has 18 heavy (non-hydrogen) atoms. The lowest BCUT2D eigenvalue weighted by Crippen LogP contribution is -2.51. The van der Waals surface area contributed by atoms with E-state index in [1.807, 2.05) is 0 Å². The molecule has 0 aliphatic heterocycles. The van der Waals surface area contributed by atoms with E-state index in [1.54, 1.807) is 0 Å². The fourth-order valence-corrected chi connectivity index (χ4v) is 5.18. The van der Waals surface area contributed by atoms with Crippen molar-refractivity contribution in [3.8, 4) is 0 Å². The van der Waals surface area contributed by atoms with Crippen molar-refractivity contribution in [2.45, 2.75) is 59.3 Å². The minimum Gasteiger partial charge on any atom is -0.299 e. The fourth-order valence-electron chi connectivity index (χ4n) is 5.18. The molecule has 0 radical (unpaired) electrons. The van der Waals surface area contributed by atoms with Gasteiger partial charge in [0.15, 0.2) is 0 Å². The monoisotopic (exact) mass is 248 g/mol. The van der Waals surface area contributed by atoms with Crippen LogP contribution in [0.3, 0.4) is 0 Å². The Morgan fingerprint density at radius 3 is 2.28 bits per heavy atom. The Labute approximate surface area is 110 Å². The molecule has 4 atom stereocenters. The lowest BCUT2D eigenvalue weighted by molar-refractivity contribution is -0.144. The molecule has 2 nitrogen and oxygen atoms in total. The Morgan fingerprint density at radius 2 is 1.56 bits per heavy atom. The molecule has 3 aliphatic rings. The van der Waals surface area contributed by atoms with Gasteiger partial charge in [-0.25, -0.2) is 0 Å². The van der Waals surface area contributed by atoms with Crippen LogP contribution in [0, 0.1) is 28.6 Å². The minimum atomic E-state index is -0.157. The van der Waals surface area contributed by atoms with E-state index in [0.29, 0.717) is 29.3 Å². The second-order valence-corrected chi connectivity index (χ2v) is 7.48. The van der Waals surface area contributed by atoms with Gasteiger partial charge < -0.3 is 0 Å². The fraction of sp³-hybridized carbons (Fsp3) is 0.875. The van der Waals surface area contributed by atoms with E-state index in [4.69, 9.17) is 0 Å². The first-order valence-electron chi connectivity index (χ1n) is 7.44. The third-order valence-electron chi connectivity index (χ3n) is 6.50. The number of Topliss-reactive ketones (excluding diaryl/α,β-unsaturated/α-hetero) is 2. The number of carbonyl (C=O) groups is 2. The lowest BCUT2D eigenvalue weighted by Gasteiger charge is -2.53. The van der Waals surface area contributed by atoms with Gasteiger partial charge in [-0.2, -0.15) is 0 Å². The van der Waals surface area contributed by atoms with Crippen molar-refractivity contribution in [3.05, 3.63) is 0 Å². The van der Waals surface area contributed by atoms with Crippen LogP contribution >= 0.6 is 0 Å². The summed E-state index contributed by atoms with van der Waals surface area (Å²) < 4.78 is 0. The van der Waals surface area contributed by atoms with Crippen molar-refractivity contribution in [3.63, 3.8) is 0 Å². The van der Waals surface area contributed by atoms with Gasteiger partial charge in [0, 0.05) is 23.7 Å². The Balaban J connectivity index is 1.94. The van der Waals surface area contributed by atoms with Crippen LogP contribution in [0.15, 0.2) is 0 Å². The molecular weight excluding hydrogens is 224 g/mol. The lowest BCUT2D eigenvalue weighted by atomic mass is 9.50. The first-order chi connectivity index (χ1) is 8.37. The van der Waals surface area contributed by atoms with Crippen molar-refractivity contribution in [2.24, 2.45) is 28.6 Å². The summed E-state index contributed by atoms with van der Waals surface area (Å²) in [6.45, 7) is 6.45. The molecule has 3 fully saturated rings. The molecule has 0 amide bonds. The van der Waals surface area contributed by atoms with Crippen LogP contribution in [0.1, 0.15) is 59.3 Å². The molecule has 100 valence electrons. The number of ketones is 2. The zero-order chi connectivity index (χ0) is 13.1. The van der Waals surface area contributed by atoms with E-state index in [9.17, 15) is 9.59 Å². The molecule has 0 aromatic carbocycles. The topological polar surface area (TPSA) is 34.1 Å². The van der Waals surface area contributed by atoms with E-state index in [2.05, 4.69) is 20.8 Å². The highest BCUT2D eigenvalue weighted by Gasteiger charge is 2.58. The molecule has 3 saturated carbocycles. The summed E-state index contributed by atoms with van der Waals surface area (Å²) in [7, 11) is 0. The number of hydrogen-bond donors (Lipinski definition) is 0. The Morgan fingerprint density at radius 1 is 0.889 bits per heavy atom. The number of fused-ring (bicyclic) bond motifs is 3. The van der Waals surface area contributed by atoms with Crippen molar-refractivity contribution >= 4 is 11.6 Å². The van der Waals surface area contributed by atoms with Crippen LogP contribution < -0.4 is 0 Å². The van der Waals surface area contributed by atoms with Crippen molar-refractivity contribution in [1.29, 1.82) is 0 Å². The Hall–Kier alpha value is -0.660. The van der Waals surface area contributed by atoms with Gasteiger partial charge in [-0.15, -0.1) is 0 Å². The maximum absolute atomic E-state index is 12.2. The second-order valence-electron chi connectivity index (χ2n) is 7.48. The summed E-state index contributed by atoms with van der Waals surface area (Å²) in [5.41, 5.74) is -0.215. The van der Waals surface area contributed by atoms with E-state index in [-0.39, 0.29) is 10.8 Å². The molecule has 0 unspecified atom stereocenters. The number of rotatable bonds is 0. The van der Waals surface area contributed by atoms with Crippen molar-refractivity contribution in [2.75, 3.05) is 0 Å². The number of carbonyl (C=O) groups excluding carboxylic acids is 2. The summed E-state index contributed by atoms with van der Waals surface area (Å²) in [6, 6.07) is 0. The standard InChI is InChI=1S/C16H24O2/c1-15(2)11-8-9-16(3)12(5-7-14(16)18)10(11)4-6-13(15)17/h10-12H,4-9H2,1-3H3/t10-,11+,12+,16+/m1/s1. The quantitative estimate of drug-likeness (QED) is 0.658. The molecule has 0 saturated heterocycles. The summed E-state index contributed by atoms with van der Waals surface area (Å²) in [6.07, 6.45) is 5.69. The zero-order valence-corrected chi connectivity index (χ0v) is 11.8. The van der Waals surface area contributed by atoms with E-state index in [1.165, 1.54) is 0 Å². The molecule has 0 spiro atoms. The molecule has 0 aromatic rings. The highest BCUT2D eigenvalue weighted by molar-refractivity contribution is 5.88. The van der Waals surface area contributed by atoms with Crippen molar-refractivity contribution < 1.29 is 9.59 Å². The van der Waals surface area contributed by atoms with Crippen LogP contribution in [-0.2, 0) is 9.59 Å². The van der Waals surface area contributed by atoms with Gasteiger partial charge in [0.1, 0.15) is 11.6 Å². The molecule has 3 rings (SSSR count). The average Bonchev–Trinajstić information content (AvgIpc) is 2.61. The van der Waals surface area contributed by atoms with Crippen LogP contribution in [0.4, 0.5) is 0 Å². The van der Waals surface area contributed by atoms with Gasteiger partial charge in [0.25, 0.3) is 0 Å². The van der Waals surface area contributed by atoms with E-state index < -0.39 is 0 Å². The molecule has 0 heterocycles.